The number of benzene rings is 2. The molecule has 2 N–H and O–H groups in total. The third kappa shape index (κ3) is 3.12. The van der Waals surface area contributed by atoms with E-state index in [0.717, 1.165) is 0 Å². The summed E-state index contributed by atoms with van der Waals surface area (Å²) in [6.45, 7) is 0.245. The molecule has 0 bridgehead atoms. The number of halogens is 2. The fourth-order valence-corrected chi connectivity index (χ4v) is 2.19. The smallest absolute Gasteiger partial charge is 0.274 e. The van der Waals surface area contributed by atoms with E-state index in [2.05, 4.69) is 5.32 Å². The normalized spacial score (nSPS) is 10.3. The zero-order valence-electron chi connectivity index (χ0n) is 10.1. The number of hydrogen-bond donors (Lipinski definition) is 2. The summed E-state index contributed by atoms with van der Waals surface area (Å²) in [6.07, 6.45) is 0. The number of nitrogens with zero attached hydrogens (tertiary/aromatic N) is 1. The van der Waals surface area contributed by atoms with Gasteiger partial charge in [-0.3, -0.25) is 10.1 Å². The molecule has 0 radical (unpaired) electrons. The lowest BCUT2D eigenvalue weighted by Gasteiger charge is -2.09. The maximum atomic E-state index is 10.9. The molecule has 7 heteroatoms. The number of anilines is 1. The monoisotopic (exact) mass is 312 g/mol. The van der Waals surface area contributed by atoms with Crippen molar-refractivity contribution in [3.05, 3.63) is 62.1 Å². The molecule has 2 aromatic carbocycles. The zero-order valence-corrected chi connectivity index (χ0v) is 11.6. The van der Waals surface area contributed by atoms with Crippen LogP contribution in [0.5, 0.6) is 5.75 Å². The van der Waals surface area contributed by atoms with E-state index in [0.29, 0.717) is 11.3 Å². The highest BCUT2D eigenvalue weighted by Gasteiger charge is 2.12. The van der Waals surface area contributed by atoms with Gasteiger partial charge in [-0.1, -0.05) is 41.4 Å². The summed E-state index contributed by atoms with van der Waals surface area (Å²) in [7, 11) is 0. The van der Waals surface area contributed by atoms with Crippen molar-refractivity contribution in [2.24, 2.45) is 0 Å². The van der Waals surface area contributed by atoms with Crippen LogP contribution in [0.1, 0.15) is 5.56 Å². The first-order valence-corrected chi connectivity index (χ1v) is 6.39. The minimum atomic E-state index is -0.437. The lowest BCUT2D eigenvalue weighted by molar-refractivity contribution is -0.385. The zero-order chi connectivity index (χ0) is 14.7. The summed E-state index contributed by atoms with van der Waals surface area (Å²) in [5.74, 6) is -0.190. The van der Waals surface area contributed by atoms with Crippen LogP contribution in [0, 0.1) is 10.1 Å². The van der Waals surface area contributed by atoms with Gasteiger partial charge in [0.1, 0.15) is 0 Å². The Morgan fingerprint density at radius 1 is 1.20 bits per heavy atom. The SMILES string of the molecule is O=[N+]([O-])c1ccccc1CNc1cc(Cl)c(O)c(Cl)c1. The van der Waals surface area contributed by atoms with Gasteiger partial charge in [0.25, 0.3) is 5.69 Å². The van der Waals surface area contributed by atoms with E-state index >= 15 is 0 Å². The number of phenols is 1. The Morgan fingerprint density at radius 3 is 2.40 bits per heavy atom. The molecule has 5 nitrogen and oxygen atoms in total. The molecule has 0 fully saturated rings. The highest BCUT2D eigenvalue weighted by Crippen LogP contribution is 2.34. The van der Waals surface area contributed by atoms with Crippen molar-refractivity contribution in [3.63, 3.8) is 0 Å². The second kappa shape index (κ2) is 5.98. The van der Waals surface area contributed by atoms with Crippen molar-refractivity contribution in [1.29, 1.82) is 0 Å². The third-order valence-electron chi connectivity index (χ3n) is 2.69. The molecule has 0 saturated carbocycles. The summed E-state index contributed by atoms with van der Waals surface area (Å²) in [4.78, 5) is 10.5. The first kappa shape index (κ1) is 14.4. The van der Waals surface area contributed by atoms with Crippen molar-refractivity contribution < 1.29 is 10.0 Å². The molecular formula is C13H10Cl2N2O3. The molecule has 0 aliphatic heterocycles. The third-order valence-corrected chi connectivity index (χ3v) is 3.26. The van der Waals surface area contributed by atoms with E-state index in [1.54, 1.807) is 18.2 Å². The second-order valence-electron chi connectivity index (χ2n) is 4.03. The minimum Gasteiger partial charge on any atom is -0.505 e. The van der Waals surface area contributed by atoms with Crippen LogP contribution in [0.2, 0.25) is 10.0 Å². The van der Waals surface area contributed by atoms with Gasteiger partial charge in [0.2, 0.25) is 0 Å². The van der Waals surface area contributed by atoms with Crippen LogP contribution in [0.4, 0.5) is 11.4 Å². The van der Waals surface area contributed by atoms with E-state index in [9.17, 15) is 15.2 Å². The van der Waals surface area contributed by atoms with Crippen molar-refractivity contribution in [1.82, 2.24) is 0 Å². The number of aromatic hydroxyl groups is 1. The summed E-state index contributed by atoms with van der Waals surface area (Å²) >= 11 is 11.6. The number of para-hydroxylation sites is 1. The van der Waals surface area contributed by atoms with E-state index < -0.39 is 4.92 Å². The van der Waals surface area contributed by atoms with Crippen LogP contribution in [-0.2, 0) is 6.54 Å². The summed E-state index contributed by atoms with van der Waals surface area (Å²) in [6, 6.07) is 9.42. The Bertz CT molecular complexity index is 639. The maximum Gasteiger partial charge on any atom is 0.274 e. The average molecular weight is 313 g/mol. The average Bonchev–Trinajstić information content (AvgIpc) is 2.42. The lowest BCUT2D eigenvalue weighted by atomic mass is 10.2. The number of phenolic OH excluding ortho intramolecular Hbond substituents is 1. The Balaban J connectivity index is 2.19. The Kier molecular flexibility index (Phi) is 4.32. The fourth-order valence-electron chi connectivity index (χ4n) is 1.70. The minimum absolute atomic E-state index is 0.0379. The van der Waals surface area contributed by atoms with Crippen molar-refractivity contribution >= 4 is 34.6 Å². The summed E-state index contributed by atoms with van der Waals surface area (Å²) in [5.41, 5.74) is 1.14. The number of hydrogen-bond acceptors (Lipinski definition) is 4. The van der Waals surface area contributed by atoms with Gasteiger partial charge in [-0.05, 0) is 12.1 Å². The molecule has 0 unspecified atom stereocenters. The number of nitro groups is 1. The van der Waals surface area contributed by atoms with Gasteiger partial charge in [0, 0.05) is 23.9 Å². The Labute approximate surface area is 124 Å². The van der Waals surface area contributed by atoms with Gasteiger partial charge in [0.15, 0.2) is 5.75 Å². The number of nitrogens with one attached hydrogen (secondary N) is 1. The molecule has 0 amide bonds. The second-order valence-corrected chi connectivity index (χ2v) is 4.84. The van der Waals surface area contributed by atoms with Crippen LogP contribution >= 0.6 is 23.2 Å². The molecule has 0 saturated heterocycles. The first-order valence-electron chi connectivity index (χ1n) is 5.63. The molecule has 0 aliphatic carbocycles. The van der Waals surface area contributed by atoms with Gasteiger partial charge in [-0.25, -0.2) is 0 Å². The molecular weight excluding hydrogens is 303 g/mol. The van der Waals surface area contributed by atoms with Gasteiger partial charge in [-0.2, -0.15) is 0 Å². The highest BCUT2D eigenvalue weighted by molar-refractivity contribution is 6.37. The maximum absolute atomic E-state index is 10.9. The Hall–Kier alpha value is -1.98. The van der Waals surface area contributed by atoms with Crippen LogP contribution in [-0.4, -0.2) is 10.0 Å². The standard InChI is InChI=1S/C13H10Cl2N2O3/c14-10-5-9(6-11(15)13(10)18)16-7-8-3-1-2-4-12(8)17(19)20/h1-6,16,18H,7H2. The molecule has 0 aliphatic rings. The van der Waals surface area contributed by atoms with Gasteiger partial charge < -0.3 is 10.4 Å². The van der Waals surface area contributed by atoms with Crippen LogP contribution < -0.4 is 5.32 Å². The molecule has 20 heavy (non-hydrogen) atoms. The topological polar surface area (TPSA) is 75.4 Å². The van der Waals surface area contributed by atoms with Crippen LogP contribution in [0.15, 0.2) is 36.4 Å². The van der Waals surface area contributed by atoms with Crippen LogP contribution in [0.25, 0.3) is 0 Å². The molecule has 2 rings (SSSR count). The van der Waals surface area contributed by atoms with Crippen molar-refractivity contribution in [3.8, 4) is 5.75 Å². The molecule has 104 valence electrons. The van der Waals surface area contributed by atoms with Crippen molar-refractivity contribution in [2.45, 2.75) is 6.54 Å². The van der Waals surface area contributed by atoms with E-state index in [-0.39, 0.29) is 28.0 Å². The number of rotatable bonds is 4. The summed E-state index contributed by atoms with van der Waals surface area (Å²) in [5, 5.41) is 23.5. The van der Waals surface area contributed by atoms with E-state index in [4.69, 9.17) is 23.2 Å². The Morgan fingerprint density at radius 2 is 1.80 bits per heavy atom. The first-order chi connectivity index (χ1) is 9.49. The lowest BCUT2D eigenvalue weighted by Crippen LogP contribution is -2.03. The molecule has 0 heterocycles. The molecule has 0 spiro atoms. The largest absolute Gasteiger partial charge is 0.505 e. The van der Waals surface area contributed by atoms with Gasteiger partial charge >= 0.3 is 0 Å². The predicted octanol–water partition coefficient (Wildman–Crippen LogP) is 4.22. The number of nitro benzene ring substituents is 1. The van der Waals surface area contributed by atoms with E-state index in [1.165, 1.54) is 18.2 Å². The van der Waals surface area contributed by atoms with Crippen LogP contribution in [0.3, 0.4) is 0 Å². The van der Waals surface area contributed by atoms with Crippen molar-refractivity contribution in [2.75, 3.05) is 5.32 Å². The van der Waals surface area contributed by atoms with E-state index in [1.807, 2.05) is 0 Å². The molecule has 2 aromatic rings. The molecule has 0 aromatic heterocycles. The quantitative estimate of drug-likeness (QED) is 0.503. The van der Waals surface area contributed by atoms with Gasteiger partial charge in [-0.15, -0.1) is 0 Å². The molecule has 0 atom stereocenters. The predicted molar refractivity (Wildman–Crippen MR) is 78.5 cm³/mol. The fraction of sp³-hybridized carbons (Fsp3) is 0.0769. The van der Waals surface area contributed by atoms with Gasteiger partial charge in [0.05, 0.1) is 15.0 Å². The summed E-state index contributed by atoms with van der Waals surface area (Å²) < 4.78 is 0. The highest BCUT2D eigenvalue weighted by atomic mass is 35.5.